The number of ether oxygens (including phenoxy) is 2. The molecule has 1 spiro atoms. The zero-order valence-electron chi connectivity index (χ0n) is 17.2. The number of carbonyl (C=O) groups excluding carboxylic acids is 3. The van der Waals surface area contributed by atoms with Crippen LogP contribution in [0.4, 0.5) is 0 Å². The number of rotatable bonds is 7. The highest BCUT2D eigenvalue weighted by molar-refractivity contribution is 5.98. The first-order chi connectivity index (χ1) is 13.2. The van der Waals surface area contributed by atoms with Gasteiger partial charge in [-0.05, 0) is 53.4 Å². The lowest BCUT2D eigenvalue weighted by molar-refractivity contribution is -0.154. The molecule has 3 saturated heterocycles. The van der Waals surface area contributed by atoms with Crippen molar-refractivity contribution in [3.8, 4) is 0 Å². The highest BCUT2D eigenvalue weighted by atomic mass is 16.6. The van der Waals surface area contributed by atoms with Crippen LogP contribution in [0.2, 0.25) is 0 Å². The third-order valence-corrected chi connectivity index (χ3v) is 5.91. The Balaban J connectivity index is 1.94. The molecule has 0 aliphatic carbocycles. The highest BCUT2D eigenvalue weighted by Gasteiger charge is 2.74. The summed E-state index contributed by atoms with van der Waals surface area (Å²) in [6, 6.07) is -0.771. The van der Waals surface area contributed by atoms with E-state index in [-0.39, 0.29) is 31.1 Å². The lowest BCUT2D eigenvalue weighted by Crippen LogP contribution is -2.58. The van der Waals surface area contributed by atoms with Crippen LogP contribution in [0.25, 0.3) is 0 Å². The van der Waals surface area contributed by atoms with Crippen LogP contribution in [0.15, 0.2) is 0 Å². The van der Waals surface area contributed by atoms with Crippen molar-refractivity contribution in [3.05, 3.63) is 0 Å². The molecule has 2 unspecified atom stereocenters. The Morgan fingerprint density at radius 1 is 1.36 bits per heavy atom. The molecule has 3 fully saturated rings. The fraction of sp³-hybridized carbons (Fsp3) is 0.850. The van der Waals surface area contributed by atoms with Gasteiger partial charge in [0.1, 0.15) is 11.6 Å². The van der Waals surface area contributed by atoms with E-state index in [4.69, 9.17) is 14.6 Å². The van der Waals surface area contributed by atoms with Gasteiger partial charge in [0.25, 0.3) is 0 Å². The number of aliphatic hydroxyl groups excluding tert-OH is 1. The van der Waals surface area contributed by atoms with Crippen LogP contribution in [0, 0.1) is 11.8 Å². The van der Waals surface area contributed by atoms with Crippen molar-refractivity contribution in [2.24, 2.45) is 11.8 Å². The fourth-order valence-corrected chi connectivity index (χ4v) is 5.03. The molecule has 3 aliphatic heterocycles. The fourth-order valence-electron chi connectivity index (χ4n) is 5.03. The number of esters is 1. The zero-order valence-corrected chi connectivity index (χ0v) is 17.2. The van der Waals surface area contributed by atoms with Gasteiger partial charge in [0.15, 0.2) is 0 Å². The second-order valence-electron chi connectivity index (χ2n) is 9.01. The molecule has 8 nitrogen and oxygen atoms in total. The molecular weight excluding hydrogens is 364 g/mol. The summed E-state index contributed by atoms with van der Waals surface area (Å²) in [6.07, 6.45) is 1.95. The molecule has 0 radical (unpaired) electrons. The monoisotopic (exact) mass is 396 g/mol. The number of unbranched alkanes of at least 4 members (excludes halogenated alkanes) is 1. The van der Waals surface area contributed by atoms with Gasteiger partial charge in [-0.2, -0.15) is 0 Å². The minimum Gasteiger partial charge on any atom is -0.466 e. The summed E-state index contributed by atoms with van der Waals surface area (Å²) in [7, 11) is 0. The van der Waals surface area contributed by atoms with E-state index >= 15 is 0 Å². The molecule has 3 rings (SSSR count). The molecule has 2 bridgehead atoms. The molecule has 2 N–H and O–H groups in total. The third kappa shape index (κ3) is 3.41. The largest absolute Gasteiger partial charge is 0.466 e. The molecule has 158 valence electrons. The molecule has 0 aromatic heterocycles. The van der Waals surface area contributed by atoms with Crippen LogP contribution in [0.5, 0.6) is 0 Å². The van der Waals surface area contributed by atoms with Crippen molar-refractivity contribution in [1.82, 2.24) is 10.2 Å². The van der Waals surface area contributed by atoms with E-state index in [0.717, 1.165) is 0 Å². The van der Waals surface area contributed by atoms with E-state index in [1.54, 1.807) is 11.8 Å². The lowest BCUT2D eigenvalue weighted by atomic mass is 9.70. The molecule has 0 saturated carbocycles. The van der Waals surface area contributed by atoms with E-state index in [1.807, 2.05) is 20.8 Å². The summed E-state index contributed by atoms with van der Waals surface area (Å²) >= 11 is 0. The summed E-state index contributed by atoms with van der Waals surface area (Å²) in [4.78, 5) is 40.7. The van der Waals surface area contributed by atoms with Crippen LogP contribution in [0.1, 0.15) is 53.4 Å². The summed E-state index contributed by atoms with van der Waals surface area (Å²) in [5.74, 6) is -2.23. The SMILES string of the molecule is CCOC(=O)[C@@H]1[C@H]2C(=O)N(CCCCO)C(C(=O)NC(C)(C)C)C23CC[C@H]1O3. The van der Waals surface area contributed by atoms with Gasteiger partial charge in [0.05, 0.1) is 24.5 Å². The lowest BCUT2D eigenvalue weighted by Gasteiger charge is -2.35. The Bertz CT molecular complexity index is 645. The standard InChI is InChI=1S/C20H32N2O6/c1-5-27-18(26)13-12-8-9-20(28-12)14(13)17(25)22(10-6-7-11-23)15(20)16(24)21-19(2,3)4/h12-15,23H,5-11H2,1-4H3,(H,21,24)/t12-,13+,14+,15?,20?/m1/s1. The molecule has 0 aromatic carbocycles. The first-order valence-corrected chi connectivity index (χ1v) is 10.2. The van der Waals surface area contributed by atoms with Gasteiger partial charge in [0.2, 0.25) is 11.8 Å². The summed E-state index contributed by atoms with van der Waals surface area (Å²) in [5, 5.41) is 12.1. The molecular formula is C20H32N2O6. The number of hydrogen-bond donors (Lipinski definition) is 2. The Morgan fingerprint density at radius 3 is 2.68 bits per heavy atom. The Hall–Kier alpha value is -1.67. The summed E-state index contributed by atoms with van der Waals surface area (Å²) < 4.78 is 11.5. The Labute approximate surface area is 165 Å². The van der Waals surface area contributed by atoms with Crippen LogP contribution < -0.4 is 5.32 Å². The van der Waals surface area contributed by atoms with Gasteiger partial charge in [0, 0.05) is 18.7 Å². The zero-order chi connectivity index (χ0) is 20.7. The number of nitrogens with zero attached hydrogens (tertiary/aromatic N) is 1. The number of likely N-dealkylation sites (tertiary alicyclic amines) is 1. The predicted octanol–water partition coefficient (Wildman–Crippen LogP) is 0.611. The predicted molar refractivity (Wildman–Crippen MR) is 100 cm³/mol. The molecule has 3 aliphatic rings. The molecule has 3 heterocycles. The molecule has 2 amide bonds. The van der Waals surface area contributed by atoms with E-state index in [2.05, 4.69) is 5.32 Å². The van der Waals surface area contributed by atoms with Gasteiger partial charge in [-0.25, -0.2) is 0 Å². The molecule has 8 heteroatoms. The number of fused-ring (bicyclic) bond motifs is 1. The van der Waals surface area contributed by atoms with E-state index in [1.165, 1.54) is 0 Å². The van der Waals surface area contributed by atoms with Crippen LogP contribution >= 0.6 is 0 Å². The average molecular weight is 396 g/mol. The minimum absolute atomic E-state index is 0.0273. The van der Waals surface area contributed by atoms with Crippen molar-refractivity contribution in [2.45, 2.75) is 76.7 Å². The van der Waals surface area contributed by atoms with E-state index in [0.29, 0.717) is 32.2 Å². The highest BCUT2D eigenvalue weighted by Crippen LogP contribution is 2.58. The topological polar surface area (TPSA) is 105 Å². The minimum atomic E-state index is -0.978. The summed E-state index contributed by atoms with van der Waals surface area (Å²) in [5.41, 5.74) is -1.43. The first kappa shape index (κ1) is 21.0. The number of hydrogen-bond acceptors (Lipinski definition) is 6. The van der Waals surface area contributed by atoms with Crippen LogP contribution in [-0.2, 0) is 23.9 Å². The number of amides is 2. The van der Waals surface area contributed by atoms with Crippen molar-refractivity contribution >= 4 is 17.8 Å². The smallest absolute Gasteiger partial charge is 0.312 e. The van der Waals surface area contributed by atoms with Crippen molar-refractivity contribution in [2.75, 3.05) is 19.8 Å². The van der Waals surface area contributed by atoms with Crippen LogP contribution in [0.3, 0.4) is 0 Å². The van der Waals surface area contributed by atoms with Crippen molar-refractivity contribution in [3.63, 3.8) is 0 Å². The molecule has 28 heavy (non-hydrogen) atoms. The second-order valence-corrected chi connectivity index (χ2v) is 9.01. The molecule has 0 aromatic rings. The third-order valence-electron chi connectivity index (χ3n) is 5.91. The van der Waals surface area contributed by atoms with Gasteiger partial charge >= 0.3 is 5.97 Å². The van der Waals surface area contributed by atoms with Gasteiger partial charge in [-0.15, -0.1) is 0 Å². The van der Waals surface area contributed by atoms with Crippen LogP contribution in [-0.4, -0.2) is 70.8 Å². The Morgan fingerprint density at radius 2 is 2.07 bits per heavy atom. The van der Waals surface area contributed by atoms with Crippen molar-refractivity contribution < 1.29 is 29.0 Å². The quantitative estimate of drug-likeness (QED) is 0.483. The average Bonchev–Trinajstić information content (AvgIpc) is 3.21. The normalized spacial score (nSPS) is 33.9. The Kier molecular flexibility index (Phi) is 5.74. The maximum atomic E-state index is 13.4. The second kappa shape index (κ2) is 7.63. The van der Waals surface area contributed by atoms with E-state index in [9.17, 15) is 14.4 Å². The summed E-state index contributed by atoms with van der Waals surface area (Å²) in [6.45, 7) is 8.02. The van der Waals surface area contributed by atoms with E-state index < -0.39 is 35.0 Å². The van der Waals surface area contributed by atoms with Gasteiger partial charge in [-0.1, -0.05) is 0 Å². The number of nitrogens with one attached hydrogen (secondary N) is 1. The van der Waals surface area contributed by atoms with Gasteiger partial charge < -0.3 is 24.8 Å². The number of carbonyl (C=O) groups is 3. The maximum Gasteiger partial charge on any atom is 0.312 e. The first-order valence-electron chi connectivity index (χ1n) is 10.2. The maximum absolute atomic E-state index is 13.4. The van der Waals surface area contributed by atoms with Crippen molar-refractivity contribution in [1.29, 1.82) is 0 Å². The number of aliphatic hydroxyl groups is 1. The molecule has 5 atom stereocenters. The van der Waals surface area contributed by atoms with Gasteiger partial charge in [-0.3, -0.25) is 14.4 Å².